The van der Waals surface area contributed by atoms with E-state index in [1.165, 1.54) is 51.4 Å². The lowest BCUT2D eigenvalue weighted by Gasteiger charge is -2.58. The van der Waals surface area contributed by atoms with Crippen molar-refractivity contribution in [2.75, 3.05) is 0 Å². The Kier molecular flexibility index (Phi) is 6.50. The molecule has 0 heterocycles. The third kappa shape index (κ3) is 4.18. The SMILES string of the molecule is CC(=O)O[C@H]1CC[C@@]2(C)C(=CC[C@H]3[C@H]4CC[C@@H](/C(C)=C\CCC(C)C)[C@@]4(C)CC[C@H]32)C1. The number of rotatable bonds is 5. The number of ether oxygens (including phenoxy) is 1. The highest BCUT2D eigenvalue weighted by Crippen LogP contribution is 2.67. The van der Waals surface area contributed by atoms with Crippen LogP contribution in [0, 0.1) is 40.4 Å². The number of esters is 1. The molecule has 0 spiro atoms. The maximum atomic E-state index is 11.5. The van der Waals surface area contributed by atoms with Crippen molar-refractivity contribution in [1.82, 2.24) is 0 Å². The molecule has 0 N–H and O–H groups in total. The molecule has 3 saturated carbocycles. The highest BCUT2D eigenvalue weighted by atomic mass is 16.5. The molecule has 4 rings (SSSR count). The van der Waals surface area contributed by atoms with Crippen LogP contribution in [0.2, 0.25) is 0 Å². The van der Waals surface area contributed by atoms with Crippen molar-refractivity contribution in [2.45, 2.75) is 112 Å². The molecule has 0 aromatic carbocycles. The summed E-state index contributed by atoms with van der Waals surface area (Å²) in [5.74, 6) is 4.03. The van der Waals surface area contributed by atoms with Gasteiger partial charge < -0.3 is 4.74 Å². The Labute approximate surface area is 191 Å². The number of hydrogen-bond acceptors (Lipinski definition) is 2. The maximum Gasteiger partial charge on any atom is 0.302 e. The van der Waals surface area contributed by atoms with Gasteiger partial charge in [0.1, 0.15) is 6.10 Å². The number of carbonyl (C=O) groups is 1. The van der Waals surface area contributed by atoms with Gasteiger partial charge in [-0.2, -0.15) is 0 Å². The van der Waals surface area contributed by atoms with E-state index in [2.05, 4.69) is 46.8 Å². The second-order valence-electron chi connectivity index (χ2n) is 12.3. The van der Waals surface area contributed by atoms with Gasteiger partial charge >= 0.3 is 5.97 Å². The lowest BCUT2D eigenvalue weighted by Crippen LogP contribution is -2.50. The molecule has 0 aromatic rings. The molecule has 4 aliphatic rings. The van der Waals surface area contributed by atoms with Crippen LogP contribution in [0.5, 0.6) is 0 Å². The minimum absolute atomic E-state index is 0.108. The smallest absolute Gasteiger partial charge is 0.302 e. The molecule has 3 fully saturated rings. The molecule has 4 aliphatic carbocycles. The summed E-state index contributed by atoms with van der Waals surface area (Å²) >= 11 is 0. The molecule has 0 aliphatic heterocycles. The van der Waals surface area contributed by atoms with Gasteiger partial charge in [0.05, 0.1) is 0 Å². The van der Waals surface area contributed by atoms with Crippen LogP contribution in [0.1, 0.15) is 106 Å². The van der Waals surface area contributed by atoms with Gasteiger partial charge in [-0.3, -0.25) is 4.79 Å². The Morgan fingerprint density at radius 2 is 1.90 bits per heavy atom. The van der Waals surface area contributed by atoms with Gasteiger partial charge in [0.2, 0.25) is 0 Å². The molecular weight excluding hydrogens is 380 g/mol. The molecule has 7 atom stereocenters. The van der Waals surface area contributed by atoms with Crippen molar-refractivity contribution in [2.24, 2.45) is 40.4 Å². The van der Waals surface area contributed by atoms with E-state index in [4.69, 9.17) is 4.74 Å². The first-order valence-electron chi connectivity index (χ1n) is 13.2. The van der Waals surface area contributed by atoms with E-state index >= 15 is 0 Å². The highest BCUT2D eigenvalue weighted by Gasteiger charge is 2.58. The Hall–Kier alpha value is -1.05. The van der Waals surface area contributed by atoms with E-state index in [0.717, 1.165) is 42.4 Å². The molecule has 0 amide bonds. The summed E-state index contributed by atoms with van der Waals surface area (Å²) in [7, 11) is 0. The Balaban J connectivity index is 1.50. The van der Waals surface area contributed by atoms with E-state index < -0.39 is 0 Å². The van der Waals surface area contributed by atoms with Crippen LogP contribution in [0.3, 0.4) is 0 Å². The largest absolute Gasteiger partial charge is 0.462 e. The zero-order valence-electron chi connectivity index (χ0n) is 21.0. The van der Waals surface area contributed by atoms with Crippen molar-refractivity contribution in [3.8, 4) is 0 Å². The van der Waals surface area contributed by atoms with E-state index in [0.29, 0.717) is 10.8 Å². The molecular formula is C29H46O2. The molecule has 31 heavy (non-hydrogen) atoms. The first-order chi connectivity index (χ1) is 14.6. The number of hydrogen-bond donors (Lipinski definition) is 0. The van der Waals surface area contributed by atoms with Crippen molar-refractivity contribution in [3.05, 3.63) is 23.3 Å². The van der Waals surface area contributed by atoms with Gasteiger partial charge in [0.25, 0.3) is 0 Å². The molecule has 0 aromatic heterocycles. The van der Waals surface area contributed by atoms with Gasteiger partial charge in [-0.15, -0.1) is 0 Å². The number of fused-ring (bicyclic) bond motifs is 5. The topological polar surface area (TPSA) is 26.3 Å². The Bertz CT molecular complexity index is 746. The Morgan fingerprint density at radius 3 is 2.61 bits per heavy atom. The van der Waals surface area contributed by atoms with Gasteiger partial charge in [-0.25, -0.2) is 0 Å². The fourth-order valence-electron chi connectivity index (χ4n) is 8.50. The second-order valence-corrected chi connectivity index (χ2v) is 12.3. The molecule has 0 bridgehead atoms. The molecule has 2 heteroatoms. The molecule has 2 nitrogen and oxygen atoms in total. The predicted molar refractivity (Wildman–Crippen MR) is 129 cm³/mol. The van der Waals surface area contributed by atoms with Crippen LogP contribution >= 0.6 is 0 Å². The zero-order valence-corrected chi connectivity index (χ0v) is 21.0. The van der Waals surface area contributed by atoms with Gasteiger partial charge in [-0.1, -0.05) is 51.0 Å². The fraction of sp³-hybridized carbons (Fsp3) is 0.828. The first kappa shape index (κ1) is 23.1. The highest BCUT2D eigenvalue weighted by molar-refractivity contribution is 5.66. The number of carbonyl (C=O) groups excluding carboxylic acids is 1. The van der Waals surface area contributed by atoms with Crippen molar-refractivity contribution >= 4 is 5.97 Å². The van der Waals surface area contributed by atoms with Crippen molar-refractivity contribution < 1.29 is 9.53 Å². The quantitative estimate of drug-likeness (QED) is 0.330. The van der Waals surface area contributed by atoms with Crippen molar-refractivity contribution in [1.29, 1.82) is 0 Å². The average Bonchev–Trinajstić information content (AvgIpc) is 3.05. The van der Waals surface area contributed by atoms with Crippen LogP contribution in [-0.4, -0.2) is 12.1 Å². The summed E-state index contributed by atoms with van der Waals surface area (Å²) in [6.07, 6.45) is 17.9. The van der Waals surface area contributed by atoms with Crippen LogP contribution < -0.4 is 0 Å². The van der Waals surface area contributed by atoms with Crippen LogP contribution in [0.25, 0.3) is 0 Å². The average molecular weight is 427 g/mol. The van der Waals surface area contributed by atoms with E-state index in [1.807, 2.05) is 0 Å². The van der Waals surface area contributed by atoms with Crippen LogP contribution in [0.15, 0.2) is 23.3 Å². The molecule has 174 valence electrons. The Morgan fingerprint density at radius 1 is 1.13 bits per heavy atom. The fourth-order valence-corrected chi connectivity index (χ4v) is 8.50. The summed E-state index contributed by atoms with van der Waals surface area (Å²) in [4.78, 5) is 11.5. The lowest BCUT2D eigenvalue weighted by molar-refractivity contribution is -0.148. The summed E-state index contributed by atoms with van der Waals surface area (Å²) in [5.41, 5.74) is 4.12. The molecule has 0 radical (unpaired) electrons. The number of allylic oxidation sites excluding steroid dienone is 3. The summed E-state index contributed by atoms with van der Waals surface area (Å²) in [5, 5.41) is 0. The molecule has 0 unspecified atom stereocenters. The van der Waals surface area contributed by atoms with Gasteiger partial charge in [0, 0.05) is 13.3 Å². The standard InChI is InChI=1S/C29H46O2/c1-19(2)8-7-9-20(3)25-12-13-26-24-11-10-22-18-23(31-21(4)30)14-16-28(22,5)27(24)15-17-29(25,26)6/h9-10,19,23-27H,7-8,11-18H2,1-6H3/b20-9-/t23-,24-,25-,26+,27+,28-,29+/m0/s1. The monoisotopic (exact) mass is 426 g/mol. The maximum absolute atomic E-state index is 11.5. The van der Waals surface area contributed by atoms with Crippen molar-refractivity contribution in [3.63, 3.8) is 0 Å². The summed E-state index contributed by atoms with van der Waals surface area (Å²) in [6, 6.07) is 0. The van der Waals surface area contributed by atoms with E-state index in [1.54, 1.807) is 18.1 Å². The first-order valence-corrected chi connectivity index (χ1v) is 13.2. The lowest BCUT2D eigenvalue weighted by atomic mass is 9.47. The molecule has 0 saturated heterocycles. The van der Waals surface area contributed by atoms with E-state index in [-0.39, 0.29) is 12.1 Å². The normalized spacial score (nSPS) is 42.5. The van der Waals surface area contributed by atoms with Crippen LogP contribution in [0.4, 0.5) is 0 Å². The minimum atomic E-state index is -0.120. The van der Waals surface area contributed by atoms with Gasteiger partial charge in [-0.05, 0) is 105 Å². The third-order valence-electron chi connectivity index (χ3n) is 10.2. The van der Waals surface area contributed by atoms with Gasteiger partial charge in [0.15, 0.2) is 0 Å². The summed E-state index contributed by atoms with van der Waals surface area (Å²) < 4.78 is 5.61. The zero-order chi connectivity index (χ0) is 22.4. The summed E-state index contributed by atoms with van der Waals surface area (Å²) in [6.45, 7) is 13.8. The predicted octanol–water partition coefficient (Wildman–Crippen LogP) is 7.88. The second kappa shape index (κ2) is 8.71. The van der Waals surface area contributed by atoms with Crippen LogP contribution in [-0.2, 0) is 9.53 Å². The minimum Gasteiger partial charge on any atom is -0.462 e. The third-order valence-corrected chi connectivity index (χ3v) is 10.2. The van der Waals surface area contributed by atoms with E-state index in [9.17, 15) is 4.79 Å².